The van der Waals surface area contributed by atoms with Crippen molar-refractivity contribution in [3.8, 4) is 5.75 Å². The van der Waals surface area contributed by atoms with Gasteiger partial charge < -0.3 is 0 Å². The van der Waals surface area contributed by atoms with Crippen LogP contribution < -0.4 is 3.07 Å². The third-order valence-electron chi connectivity index (χ3n) is 3.19. The Morgan fingerprint density at radius 3 is 2.35 bits per heavy atom. The van der Waals surface area contributed by atoms with Gasteiger partial charge in [-0.1, -0.05) is 0 Å². The van der Waals surface area contributed by atoms with Crippen molar-refractivity contribution in [1.82, 2.24) is 0 Å². The van der Waals surface area contributed by atoms with Crippen LogP contribution in [0, 0.1) is 5.82 Å². The molecule has 0 fully saturated rings. The molecule has 1 nitrogen and oxygen atoms in total. The first-order valence-electron chi connectivity index (χ1n) is 7.66. The standard InChI is InChI=1S/C9H9FO.2C4H9.Sn/c1-2-3-7-6-8(10)4-5-9(7)11;2*1-3-4-2;/h2-6,11H,1H3;2*1,3-4H2,2H3;/q;;;+1/p-1/b3-2-;;;. The van der Waals surface area contributed by atoms with E-state index in [0.717, 1.165) is 11.3 Å². The Bertz CT molecular complexity index is 409. The molecule has 111 valence electrons. The summed E-state index contributed by atoms with van der Waals surface area (Å²) in [5, 5.41) is 0. The summed E-state index contributed by atoms with van der Waals surface area (Å²) in [4.78, 5) is 0. The van der Waals surface area contributed by atoms with Gasteiger partial charge in [0, 0.05) is 0 Å². The van der Waals surface area contributed by atoms with Gasteiger partial charge in [-0.05, 0) is 0 Å². The zero-order valence-electron chi connectivity index (χ0n) is 12.9. The van der Waals surface area contributed by atoms with E-state index in [2.05, 4.69) is 13.8 Å². The molecule has 0 aromatic heterocycles. The quantitative estimate of drug-likeness (QED) is 0.487. The van der Waals surface area contributed by atoms with Gasteiger partial charge in [0.25, 0.3) is 0 Å². The molecule has 0 aliphatic rings. The van der Waals surface area contributed by atoms with E-state index in [-0.39, 0.29) is 5.82 Å². The SMILES string of the molecule is C/C=C\c1cc(F)ccc1[O][Sn]([CH2]CCC)[CH2]CCC. The van der Waals surface area contributed by atoms with Gasteiger partial charge in [0.05, 0.1) is 0 Å². The van der Waals surface area contributed by atoms with Crippen LogP contribution >= 0.6 is 0 Å². The second-order valence-corrected chi connectivity index (χ2v) is 11.5. The maximum atomic E-state index is 13.3. The van der Waals surface area contributed by atoms with Gasteiger partial charge in [-0.3, -0.25) is 0 Å². The van der Waals surface area contributed by atoms with Crippen molar-refractivity contribution in [2.45, 2.75) is 55.3 Å². The second kappa shape index (κ2) is 10.2. The number of halogens is 1. The molecule has 0 amide bonds. The van der Waals surface area contributed by atoms with Crippen molar-refractivity contribution in [2.24, 2.45) is 0 Å². The Morgan fingerprint density at radius 2 is 1.80 bits per heavy atom. The van der Waals surface area contributed by atoms with Gasteiger partial charge in [0.1, 0.15) is 0 Å². The van der Waals surface area contributed by atoms with Crippen LogP contribution in [0.4, 0.5) is 4.39 Å². The average Bonchev–Trinajstić information content (AvgIpc) is 2.44. The van der Waals surface area contributed by atoms with Crippen molar-refractivity contribution in [1.29, 1.82) is 0 Å². The van der Waals surface area contributed by atoms with Gasteiger partial charge in [0.15, 0.2) is 0 Å². The van der Waals surface area contributed by atoms with Crippen molar-refractivity contribution < 1.29 is 7.46 Å². The summed E-state index contributed by atoms with van der Waals surface area (Å²) in [7, 11) is 0. The van der Waals surface area contributed by atoms with Crippen molar-refractivity contribution in [3.05, 3.63) is 35.7 Å². The fraction of sp³-hybridized carbons (Fsp3) is 0.529. The van der Waals surface area contributed by atoms with Crippen molar-refractivity contribution in [2.75, 3.05) is 0 Å². The van der Waals surface area contributed by atoms with Crippen LogP contribution in [0.5, 0.6) is 5.75 Å². The molecule has 0 unspecified atom stereocenters. The minimum absolute atomic E-state index is 0.197. The first-order chi connectivity index (χ1) is 9.71. The Morgan fingerprint density at radius 1 is 1.15 bits per heavy atom. The third kappa shape index (κ3) is 6.29. The van der Waals surface area contributed by atoms with E-state index in [0.29, 0.717) is 0 Å². The van der Waals surface area contributed by atoms with E-state index in [1.165, 1.54) is 40.6 Å². The Labute approximate surface area is 130 Å². The number of allylic oxidation sites excluding steroid dienone is 1. The normalized spacial score (nSPS) is 11.4. The molecule has 1 radical (unpaired) electrons. The third-order valence-corrected chi connectivity index (χ3v) is 9.84. The second-order valence-electron chi connectivity index (χ2n) is 5.03. The first kappa shape index (κ1) is 17.5. The molecule has 0 heterocycles. The van der Waals surface area contributed by atoms with E-state index in [4.69, 9.17) is 3.07 Å². The van der Waals surface area contributed by atoms with Crippen LogP contribution in [0.3, 0.4) is 0 Å². The number of benzene rings is 1. The molecule has 0 bridgehead atoms. The van der Waals surface area contributed by atoms with Crippen LogP contribution in [0.25, 0.3) is 6.08 Å². The summed E-state index contributed by atoms with van der Waals surface area (Å²) < 4.78 is 22.2. The molecule has 0 N–H and O–H groups in total. The fourth-order valence-corrected chi connectivity index (χ4v) is 9.04. The molecule has 1 aromatic carbocycles. The van der Waals surface area contributed by atoms with Gasteiger partial charge in [-0.15, -0.1) is 0 Å². The zero-order valence-corrected chi connectivity index (χ0v) is 15.8. The zero-order chi connectivity index (χ0) is 14.8. The number of hydrogen-bond acceptors (Lipinski definition) is 1. The monoisotopic (exact) mass is 385 g/mol. The molecular weight excluding hydrogens is 358 g/mol. The Balaban J connectivity index is 2.80. The Kier molecular flexibility index (Phi) is 8.99. The molecular formula is C17H26FOSn. The molecule has 1 rings (SSSR count). The Hall–Kier alpha value is -0.511. The molecule has 0 aliphatic heterocycles. The summed E-state index contributed by atoms with van der Waals surface area (Å²) in [6.45, 7) is 6.40. The van der Waals surface area contributed by atoms with Crippen LogP contribution in [-0.4, -0.2) is 20.2 Å². The van der Waals surface area contributed by atoms with Crippen LogP contribution in [0.15, 0.2) is 24.3 Å². The van der Waals surface area contributed by atoms with E-state index >= 15 is 0 Å². The fourth-order valence-electron chi connectivity index (χ4n) is 2.05. The molecule has 0 aliphatic carbocycles. The van der Waals surface area contributed by atoms with Crippen molar-refractivity contribution in [3.63, 3.8) is 0 Å². The number of unbranched alkanes of at least 4 members (excludes halogenated alkanes) is 2. The van der Waals surface area contributed by atoms with Gasteiger partial charge in [0.2, 0.25) is 0 Å². The molecule has 20 heavy (non-hydrogen) atoms. The molecule has 0 spiro atoms. The topological polar surface area (TPSA) is 9.23 Å². The molecule has 1 aromatic rings. The maximum absolute atomic E-state index is 13.3. The molecule has 0 saturated heterocycles. The summed E-state index contributed by atoms with van der Waals surface area (Å²) >= 11 is -1.83. The van der Waals surface area contributed by atoms with E-state index in [1.54, 1.807) is 12.1 Å². The molecule has 0 saturated carbocycles. The predicted molar refractivity (Wildman–Crippen MR) is 86.9 cm³/mol. The molecule has 3 heteroatoms. The average molecular weight is 384 g/mol. The minimum atomic E-state index is -1.83. The number of hydrogen-bond donors (Lipinski definition) is 0. The first-order valence-corrected chi connectivity index (χ1v) is 12.9. The van der Waals surface area contributed by atoms with Gasteiger partial charge in [-0.2, -0.15) is 0 Å². The van der Waals surface area contributed by atoms with Crippen LogP contribution in [0.2, 0.25) is 8.87 Å². The van der Waals surface area contributed by atoms with Crippen LogP contribution in [-0.2, 0) is 0 Å². The summed E-state index contributed by atoms with van der Waals surface area (Å²) in [6.07, 6.45) is 8.84. The van der Waals surface area contributed by atoms with E-state index in [9.17, 15) is 4.39 Å². The summed E-state index contributed by atoms with van der Waals surface area (Å²) in [5.41, 5.74) is 0.874. The van der Waals surface area contributed by atoms with Crippen molar-refractivity contribution >= 4 is 26.2 Å². The van der Waals surface area contributed by atoms with E-state index in [1.807, 2.05) is 19.1 Å². The molecule has 0 atom stereocenters. The van der Waals surface area contributed by atoms with Crippen LogP contribution in [0.1, 0.15) is 52.0 Å². The summed E-state index contributed by atoms with van der Waals surface area (Å²) in [5.74, 6) is 0.684. The van der Waals surface area contributed by atoms with E-state index < -0.39 is 20.2 Å². The predicted octanol–water partition coefficient (Wildman–Crippen LogP) is 5.83. The summed E-state index contributed by atoms with van der Waals surface area (Å²) in [6, 6.07) is 4.86. The van der Waals surface area contributed by atoms with Gasteiger partial charge in [-0.25, -0.2) is 0 Å². The van der Waals surface area contributed by atoms with Gasteiger partial charge >= 0.3 is 130 Å². The number of rotatable bonds is 9.